The van der Waals surface area contributed by atoms with Gasteiger partial charge in [-0.05, 0) is 34.2 Å². The van der Waals surface area contributed by atoms with Crippen LogP contribution in [0.25, 0.3) is 0 Å². The Hall–Kier alpha value is -4.02. The summed E-state index contributed by atoms with van der Waals surface area (Å²) in [6, 6.07) is 11.3. The number of anilines is 1. The molecule has 138 valence electrons. The van der Waals surface area contributed by atoms with Crippen LogP contribution in [0.3, 0.4) is 0 Å². The smallest absolute Gasteiger partial charge is 0.269 e. The molecule has 3 aromatic rings. The molecule has 11 nitrogen and oxygen atoms in total. The highest BCUT2D eigenvalue weighted by atomic mass is 16.6. The fourth-order valence-corrected chi connectivity index (χ4v) is 2.18. The first-order valence-electron chi connectivity index (χ1n) is 7.69. The molecule has 0 aliphatic carbocycles. The normalized spacial score (nSPS) is 10.9. The Labute approximate surface area is 153 Å². The third kappa shape index (κ3) is 4.34. The zero-order valence-electron chi connectivity index (χ0n) is 14.2. The van der Waals surface area contributed by atoms with E-state index in [9.17, 15) is 10.1 Å². The molecule has 0 aliphatic heterocycles. The maximum Gasteiger partial charge on any atom is 0.269 e. The second-order valence-electron chi connectivity index (χ2n) is 5.28. The lowest BCUT2D eigenvalue weighted by atomic mass is 10.1. The Morgan fingerprint density at radius 1 is 1.30 bits per heavy atom. The van der Waals surface area contributed by atoms with Crippen LogP contribution in [0.5, 0.6) is 11.5 Å². The van der Waals surface area contributed by atoms with Crippen LogP contribution < -0.4 is 15.2 Å². The van der Waals surface area contributed by atoms with Gasteiger partial charge < -0.3 is 15.2 Å². The van der Waals surface area contributed by atoms with Gasteiger partial charge in [0.15, 0.2) is 0 Å². The highest BCUT2D eigenvalue weighted by molar-refractivity contribution is 5.80. The topological polar surface area (TPSA) is 144 Å². The maximum absolute atomic E-state index is 10.7. The lowest BCUT2D eigenvalue weighted by molar-refractivity contribution is -0.384. The van der Waals surface area contributed by atoms with Crippen LogP contribution in [-0.4, -0.2) is 38.6 Å². The van der Waals surface area contributed by atoms with Crippen molar-refractivity contribution in [1.29, 1.82) is 0 Å². The van der Waals surface area contributed by atoms with E-state index in [2.05, 4.69) is 20.6 Å². The van der Waals surface area contributed by atoms with Crippen molar-refractivity contribution in [3.8, 4) is 11.5 Å². The van der Waals surface area contributed by atoms with Gasteiger partial charge in [-0.2, -0.15) is 5.10 Å². The fraction of sp³-hybridized carbons (Fsp3) is 0.125. The predicted molar refractivity (Wildman–Crippen MR) is 95.6 cm³/mol. The molecule has 0 bridgehead atoms. The van der Waals surface area contributed by atoms with Gasteiger partial charge in [0.05, 0.1) is 18.2 Å². The van der Waals surface area contributed by atoms with Crippen LogP contribution in [-0.2, 0) is 6.61 Å². The van der Waals surface area contributed by atoms with Gasteiger partial charge in [0.1, 0.15) is 18.1 Å². The number of aromatic nitrogens is 4. The summed E-state index contributed by atoms with van der Waals surface area (Å²) < 4.78 is 11.0. The molecule has 2 N–H and O–H groups in total. The van der Waals surface area contributed by atoms with Crippen LogP contribution in [0, 0.1) is 10.1 Å². The molecule has 0 saturated carbocycles. The SMILES string of the molecule is COc1cc(C=Nn2nnnc2N)ccc1COc1ccc([N+](=O)[O-])cc1. The number of ether oxygens (including phenoxy) is 2. The minimum atomic E-state index is -0.462. The maximum atomic E-state index is 10.7. The van der Waals surface area contributed by atoms with Crippen molar-refractivity contribution in [3.05, 3.63) is 63.7 Å². The summed E-state index contributed by atoms with van der Waals surface area (Å²) in [6.45, 7) is 0.234. The summed E-state index contributed by atoms with van der Waals surface area (Å²) in [5.41, 5.74) is 7.10. The largest absolute Gasteiger partial charge is 0.496 e. The number of nitro groups is 1. The van der Waals surface area contributed by atoms with Gasteiger partial charge >= 0.3 is 0 Å². The lowest BCUT2D eigenvalue weighted by Gasteiger charge is -2.11. The number of non-ortho nitro benzene ring substituents is 1. The first kappa shape index (κ1) is 17.8. The molecule has 0 aliphatic rings. The zero-order chi connectivity index (χ0) is 19.2. The Morgan fingerprint density at radius 3 is 2.70 bits per heavy atom. The van der Waals surface area contributed by atoms with E-state index in [0.29, 0.717) is 11.5 Å². The highest BCUT2D eigenvalue weighted by Gasteiger charge is 2.08. The van der Waals surface area contributed by atoms with Crippen molar-refractivity contribution >= 4 is 17.9 Å². The van der Waals surface area contributed by atoms with E-state index < -0.39 is 4.92 Å². The molecule has 1 heterocycles. The van der Waals surface area contributed by atoms with E-state index in [-0.39, 0.29) is 18.2 Å². The standard InChI is InChI=1S/C16H15N7O4/c1-26-15-8-11(9-18-22-16(17)19-20-21-22)2-3-12(15)10-27-14-6-4-13(5-7-14)23(24)25/h2-9H,10H2,1H3,(H2,17,19,21). The van der Waals surface area contributed by atoms with E-state index in [4.69, 9.17) is 15.2 Å². The molecular formula is C16H15N7O4. The lowest BCUT2D eigenvalue weighted by Crippen LogP contribution is -2.01. The minimum absolute atomic E-state index is 0.00629. The van der Waals surface area contributed by atoms with E-state index in [1.165, 1.54) is 18.3 Å². The monoisotopic (exact) mass is 369 g/mol. The number of nitro benzene ring substituents is 1. The van der Waals surface area contributed by atoms with E-state index >= 15 is 0 Å². The molecule has 0 fully saturated rings. The Morgan fingerprint density at radius 2 is 2.07 bits per heavy atom. The van der Waals surface area contributed by atoms with Crippen LogP contribution in [0.1, 0.15) is 11.1 Å². The highest BCUT2D eigenvalue weighted by Crippen LogP contribution is 2.23. The quantitative estimate of drug-likeness (QED) is 0.376. The average molecular weight is 369 g/mol. The van der Waals surface area contributed by atoms with Gasteiger partial charge in [-0.1, -0.05) is 22.0 Å². The van der Waals surface area contributed by atoms with E-state index in [1.807, 2.05) is 12.1 Å². The number of tetrazole rings is 1. The molecule has 0 amide bonds. The van der Waals surface area contributed by atoms with Gasteiger partial charge in [-0.3, -0.25) is 10.1 Å². The van der Waals surface area contributed by atoms with Crippen molar-refractivity contribution in [2.24, 2.45) is 5.10 Å². The van der Waals surface area contributed by atoms with Crippen molar-refractivity contribution in [3.63, 3.8) is 0 Å². The molecule has 0 unspecified atom stereocenters. The van der Waals surface area contributed by atoms with Gasteiger partial charge in [0, 0.05) is 17.7 Å². The molecule has 2 aromatic carbocycles. The number of rotatable bonds is 7. The van der Waals surface area contributed by atoms with Crippen molar-refractivity contribution < 1.29 is 14.4 Å². The summed E-state index contributed by atoms with van der Waals surface area (Å²) in [6.07, 6.45) is 1.54. The number of methoxy groups -OCH3 is 1. The zero-order valence-corrected chi connectivity index (χ0v) is 14.2. The third-order valence-corrected chi connectivity index (χ3v) is 3.55. The number of hydrogen-bond acceptors (Lipinski definition) is 9. The van der Waals surface area contributed by atoms with Gasteiger partial charge in [0.2, 0.25) is 0 Å². The predicted octanol–water partition coefficient (Wildman–Crippen LogP) is 1.63. The Kier molecular flexibility index (Phi) is 5.21. The summed E-state index contributed by atoms with van der Waals surface area (Å²) in [5, 5.41) is 25.3. The molecule has 0 radical (unpaired) electrons. The number of nitrogen functional groups attached to an aromatic ring is 1. The van der Waals surface area contributed by atoms with E-state index in [0.717, 1.165) is 15.9 Å². The Balaban J connectivity index is 1.69. The van der Waals surface area contributed by atoms with Crippen LogP contribution in [0.2, 0.25) is 0 Å². The van der Waals surface area contributed by atoms with Crippen molar-refractivity contribution in [1.82, 2.24) is 20.3 Å². The van der Waals surface area contributed by atoms with Gasteiger partial charge in [-0.25, -0.2) is 0 Å². The molecular weight excluding hydrogens is 354 g/mol. The number of nitrogens with two attached hydrogens (primary N) is 1. The second-order valence-corrected chi connectivity index (χ2v) is 5.28. The summed E-state index contributed by atoms with van der Waals surface area (Å²) in [7, 11) is 1.55. The van der Waals surface area contributed by atoms with E-state index in [1.54, 1.807) is 25.3 Å². The summed E-state index contributed by atoms with van der Waals surface area (Å²) in [4.78, 5) is 11.3. The molecule has 27 heavy (non-hydrogen) atoms. The molecule has 0 spiro atoms. The molecule has 11 heteroatoms. The van der Waals surface area contributed by atoms with Crippen LogP contribution in [0.4, 0.5) is 11.6 Å². The third-order valence-electron chi connectivity index (χ3n) is 3.55. The first-order valence-corrected chi connectivity index (χ1v) is 7.69. The van der Waals surface area contributed by atoms with Crippen LogP contribution >= 0.6 is 0 Å². The number of hydrogen-bond donors (Lipinski definition) is 1. The number of nitrogens with zero attached hydrogens (tertiary/aromatic N) is 6. The van der Waals surface area contributed by atoms with Gasteiger partial charge in [0.25, 0.3) is 11.6 Å². The molecule has 3 rings (SSSR count). The molecule has 0 atom stereocenters. The first-order chi connectivity index (χ1) is 13.1. The Bertz CT molecular complexity index is 969. The summed E-state index contributed by atoms with van der Waals surface area (Å²) >= 11 is 0. The second kappa shape index (κ2) is 7.91. The average Bonchev–Trinajstić information content (AvgIpc) is 3.10. The molecule has 1 aromatic heterocycles. The van der Waals surface area contributed by atoms with Gasteiger partial charge in [-0.15, -0.1) is 0 Å². The summed E-state index contributed by atoms with van der Waals surface area (Å²) in [5.74, 6) is 1.19. The van der Waals surface area contributed by atoms with Crippen molar-refractivity contribution in [2.75, 3.05) is 12.8 Å². The van der Waals surface area contributed by atoms with Crippen LogP contribution in [0.15, 0.2) is 47.6 Å². The van der Waals surface area contributed by atoms with Crippen molar-refractivity contribution in [2.45, 2.75) is 6.61 Å². The number of benzene rings is 2. The fourth-order valence-electron chi connectivity index (χ4n) is 2.18. The molecule has 0 saturated heterocycles. The minimum Gasteiger partial charge on any atom is -0.496 e.